The number of rotatable bonds is 2. The number of piperidine rings is 1. The zero-order valence-electron chi connectivity index (χ0n) is 7.39. The van der Waals surface area contributed by atoms with Gasteiger partial charge in [0.05, 0.1) is 0 Å². The molecule has 0 radical (unpaired) electrons. The van der Waals surface area contributed by atoms with Crippen molar-refractivity contribution in [2.24, 2.45) is 5.92 Å². The van der Waals surface area contributed by atoms with Crippen molar-refractivity contribution in [2.75, 3.05) is 6.54 Å². The van der Waals surface area contributed by atoms with Crippen LogP contribution in [0.5, 0.6) is 0 Å². The topological polar surface area (TPSA) is 29.1 Å². The van der Waals surface area contributed by atoms with Gasteiger partial charge in [-0.3, -0.25) is 4.79 Å². The summed E-state index contributed by atoms with van der Waals surface area (Å²) < 4.78 is 0. The molecule has 1 heterocycles. The predicted octanol–water partition coefficient (Wildman–Crippen LogP) is 1.35. The fraction of sp³-hybridized carbons (Fsp3) is 0.889. The Bertz CT molecular complexity index is 142. The van der Waals surface area contributed by atoms with E-state index in [4.69, 9.17) is 0 Å². The van der Waals surface area contributed by atoms with Crippen molar-refractivity contribution >= 4 is 5.78 Å². The molecule has 1 N–H and O–H groups in total. The summed E-state index contributed by atoms with van der Waals surface area (Å²) in [5.74, 6) is 1.12. The number of Topliss-reactive ketones (excluding diaryl/α,β-unsaturated/α-hetero) is 1. The maximum Gasteiger partial charge on any atom is 0.135 e. The number of hydrogen-bond donors (Lipinski definition) is 1. The molecule has 0 amide bonds. The molecular formula is C9H17NO. The molecule has 0 aromatic rings. The van der Waals surface area contributed by atoms with Crippen LogP contribution in [0.1, 0.15) is 33.1 Å². The van der Waals surface area contributed by atoms with Crippen LogP contribution < -0.4 is 5.32 Å². The van der Waals surface area contributed by atoms with E-state index >= 15 is 0 Å². The molecule has 0 aromatic carbocycles. The molecule has 1 rings (SSSR count). The van der Waals surface area contributed by atoms with Crippen LogP contribution in [-0.2, 0) is 4.79 Å². The van der Waals surface area contributed by atoms with E-state index in [0.717, 1.165) is 25.8 Å². The minimum absolute atomic E-state index is 0.425. The molecule has 11 heavy (non-hydrogen) atoms. The first-order valence-electron chi connectivity index (χ1n) is 4.43. The van der Waals surface area contributed by atoms with Gasteiger partial charge in [0.25, 0.3) is 0 Å². The van der Waals surface area contributed by atoms with Gasteiger partial charge in [-0.05, 0) is 12.3 Å². The number of carbonyl (C=O) groups is 1. The SMILES string of the molecule is CC(C)CC1CC(=O)CCN1. The van der Waals surface area contributed by atoms with Crippen LogP contribution in [0, 0.1) is 5.92 Å². The highest BCUT2D eigenvalue weighted by Crippen LogP contribution is 2.12. The van der Waals surface area contributed by atoms with Gasteiger partial charge in [-0.15, -0.1) is 0 Å². The summed E-state index contributed by atoms with van der Waals surface area (Å²) in [6.07, 6.45) is 2.61. The average Bonchev–Trinajstić information content (AvgIpc) is 1.85. The number of ketones is 1. The Morgan fingerprint density at radius 3 is 2.91 bits per heavy atom. The first-order chi connectivity index (χ1) is 5.18. The fourth-order valence-corrected chi connectivity index (χ4v) is 1.60. The van der Waals surface area contributed by atoms with Gasteiger partial charge in [0.2, 0.25) is 0 Å². The van der Waals surface area contributed by atoms with Crippen LogP contribution in [-0.4, -0.2) is 18.4 Å². The number of carbonyl (C=O) groups excluding carboxylic acids is 1. The lowest BCUT2D eigenvalue weighted by Gasteiger charge is -2.23. The molecule has 0 saturated carbocycles. The van der Waals surface area contributed by atoms with Gasteiger partial charge in [-0.25, -0.2) is 0 Å². The molecule has 0 bridgehead atoms. The maximum absolute atomic E-state index is 11.0. The molecule has 1 aliphatic heterocycles. The Morgan fingerprint density at radius 2 is 2.36 bits per heavy atom. The normalized spacial score (nSPS) is 26.1. The van der Waals surface area contributed by atoms with E-state index in [1.54, 1.807) is 0 Å². The Labute approximate surface area is 68.4 Å². The molecule has 0 spiro atoms. The molecule has 2 heteroatoms. The van der Waals surface area contributed by atoms with E-state index in [1.807, 2.05) is 0 Å². The largest absolute Gasteiger partial charge is 0.313 e. The van der Waals surface area contributed by atoms with E-state index in [2.05, 4.69) is 19.2 Å². The summed E-state index contributed by atoms with van der Waals surface area (Å²) in [5.41, 5.74) is 0. The second-order valence-electron chi connectivity index (χ2n) is 3.77. The van der Waals surface area contributed by atoms with E-state index in [-0.39, 0.29) is 0 Å². The summed E-state index contributed by atoms with van der Waals surface area (Å²) in [7, 11) is 0. The molecule has 1 aliphatic rings. The summed E-state index contributed by atoms with van der Waals surface area (Å²) >= 11 is 0. The highest BCUT2D eigenvalue weighted by atomic mass is 16.1. The summed E-state index contributed by atoms with van der Waals surface area (Å²) in [6, 6.07) is 0.455. The Morgan fingerprint density at radius 1 is 1.64 bits per heavy atom. The monoisotopic (exact) mass is 155 g/mol. The van der Waals surface area contributed by atoms with Crippen LogP contribution in [0.25, 0.3) is 0 Å². The third kappa shape index (κ3) is 3.02. The molecule has 0 aromatic heterocycles. The van der Waals surface area contributed by atoms with Crippen molar-refractivity contribution in [3.63, 3.8) is 0 Å². The number of hydrogen-bond acceptors (Lipinski definition) is 2. The Kier molecular flexibility index (Phi) is 3.06. The second kappa shape index (κ2) is 3.86. The zero-order chi connectivity index (χ0) is 8.27. The fourth-order valence-electron chi connectivity index (χ4n) is 1.60. The first-order valence-corrected chi connectivity index (χ1v) is 4.43. The molecule has 0 aliphatic carbocycles. The molecular weight excluding hydrogens is 138 g/mol. The van der Waals surface area contributed by atoms with Crippen molar-refractivity contribution in [1.82, 2.24) is 5.32 Å². The van der Waals surface area contributed by atoms with Gasteiger partial charge < -0.3 is 5.32 Å². The van der Waals surface area contributed by atoms with Gasteiger partial charge in [-0.1, -0.05) is 13.8 Å². The van der Waals surface area contributed by atoms with Crippen molar-refractivity contribution in [3.05, 3.63) is 0 Å². The van der Waals surface area contributed by atoms with E-state index in [1.165, 1.54) is 0 Å². The predicted molar refractivity (Wildman–Crippen MR) is 45.5 cm³/mol. The van der Waals surface area contributed by atoms with Crippen molar-refractivity contribution in [3.8, 4) is 0 Å². The van der Waals surface area contributed by atoms with Crippen LogP contribution >= 0.6 is 0 Å². The Hall–Kier alpha value is -0.370. The van der Waals surface area contributed by atoms with Gasteiger partial charge >= 0.3 is 0 Å². The van der Waals surface area contributed by atoms with Crippen LogP contribution in [0.2, 0.25) is 0 Å². The minimum Gasteiger partial charge on any atom is -0.313 e. The summed E-state index contributed by atoms with van der Waals surface area (Å²) in [6.45, 7) is 5.28. The third-order valence-electron chi connectivity index (χ3n) is 2.07. The quantitative estimate of drug-likeness (QED) is 0.652. The maximum atomic E-state index is 11.0. The van der Waals surface area contributed by atoms with Gasteiger partial charge in [-0.2, -0.15) is 0 Å². The van der Waals surface area contributed by atoms with Crippen molar-refractivity contribution < 1.29 is 4.79 Å². The molecule has 1 unspecified atom stereocenters. The van der Waals surface area contributed by atoms with E-state index in [0.29, 0.717) is 17.7 Å². The molecule has 64 valence electrons. The lowest BCUT2D eigenvalue weighted by Crippen LogP contribution is -2.38. The molecule has 1 fully saturated rings. The zero-order valence-corrected chi connectivity index (χ0v) is 7.39. The number of nitrogens with one attached hydrogen (secondary N) is 1. The third-order valence-corrected chi connectivity index (χ3v) is 2.07. The molecule has 2 nitrogen and oxygen atoms in total. The molecule has 1 saturated heterocycles. The summed E-state index contributed by atoms with van der Waals surface area (Å²) in [5, 5.41) is 3.36. The second-order valence-corrected chi connectivity index (χ2v) is 3.77. The van der Waals surface area contributed by atoms with Crippen LogP contribution in [0.3, 0.4) is 0 Å². The highest BCUT2D eigenvalue weighted by molar-refractivity contribution is 5.79. The van der Waals surface area contributed by atoms with Gasteiger partial charge in [0, 0.05) is 25.4 Å². The molecule has 1 atom stereocenters. The van der Waals surface area contributed by atoms with E-state index < -0.39 is 0 Å². The standard InChI is InChI=1S/C9H17NO/c1-7(2)5-8-6-9(11)3-4-10-8/h7-8,10H,3-6H2,1-2H3. The lowest BCUT2D eigenvalue weighted by atomic mass is 9.95. The lowest BCUT2D eigenvalue weighted by molar-refractivity contribution is -0.120. The first kappa shape index (κ1) is 8.72. The van der Waals surface area contributed by atoms with Gasteiger partial charge in [0.15, 0.2) is 0 Å². The Balaban J connectivity index is 2.28. The van der Waals surface area contributed by atoms with Crippen molar-refractivity contribution in [1.29, 1.82) is 0 Å². The van der Waals surface area contributed by atoms with E-state index in [9.17, 15) is 4.79 Å². The van der Waals surface area contributed by atoms with Crippen molar-refractivity contribution in [2.45, 2.75) is 39.2 Å². The smallest absolute Gasteiger partial charge is 0.135 e. The minimum atomic E-state index is 0.425. The van der Waals surface area contributed by atoms with Crippen LogP contribution in [0.4, 0.5) is 0 Å². The van der Waals surface area contributed by atoms with Crippen LogP contribution in [0.15, 0.2) is 0 Å². The highest BCUT2D eigenvalue weighted by Gasteiger charge is 2.18. The summed E-state index contributed by atoms with van der Waals surface area (Å²) in [4.78, 5) is 11.0. The van der Waals surface area contributed by atoms with Gasteiger partial charge in [0.1, 0.15) is 5.78 Å². The average molecular weight is 155 g/mol.